The number of nitrogens with one attached hydrogen (secondary N) is 1. The maximum atomic E-state index is 11.9. The molecule has 0 atom stereocenters. The van der Waals surface area contributed by atoms with Gasteiger partial charge in [0.2, 0.25) is 0 Å². The minimum atomic E-state index is -0.00567. The van der Waals surface area contributed by atoms with Crippen LogP contribution in [0.1, 0.15) is 23.2 Å². The van der Waals surface area contributed by atoms with E-state index in [4.69, 9.17) is 4.74 Å². The van der Waals surface area contributed by atoms with Crippen molar-refractivity contribution >= 4 is 33.6 Å². The van der Waals surface area contributed by atoms with E-state index in [0.717, 1.165) is 36.3 Å². The summed E-state index contributed by atoms with van der Waals surface area (Å²) in [5, 5.41) is 3.65. The Kier molecular flexibility index (Phi) is 6.20. The predicted octanol–water partition coefficient (Wildman–Crippen LogP) is 3.09. The third kappa shape index (κ3) is 5.16. The Morgan fingerprint density at radius 2 is 2.21 bits per heavy atom. The number of benzene rings is 1. The van der Waals surface area contributed by atoms with Crippen LogP contribution < -0.4 is 5.32 Å². The van der Waals surface area contributed by atoms with Crippen LogP contribution in [0.5, 0.6) is 0 Å². The molecular formula is C14H18BrNO2S. The number of hydrogen-bond acceptors (Lipinski definition) is 3. The number of carbonyl (C=O) groups is 1. The molecule has 0 radical (unpaired) electrons. The maximum absolute atomic E-state index is 11.9. The largest absolute Gasteiger partial charge is 0.381 e. The lowest BCUT2D eigenvalue weighted by molar-refractivity contribution is 0.0955. The van der Waals surface area contributed by atoms with Crippen molar-refractivity contribution in [1.82, 2.24) is 5.32 Å². The highest BCUT2D eigenvalue weighted by atomic mass is 79.9. The summed E-state index contributed by atoms with van der Waals surface area (Å²) in [6.45, 7) is 2.47. The summed E-state index contributed by atoms with van der Waals surface area (Å²) in [5.74, 6) is 0.957. The van der Waals surface area contributed by atoms with Gasteiger partial charge in [-0.15, -0.1) is 0 Å². The van der Waals surface area contributed by atoms with Gasteiger partial charge in [-0.1, -0.05) is 22.0 Å². The minimum absolute atomic E-state index is 0.00567. The molecule has 0 unspecified atom stereocenters. The maximum Gasteiger partial charge on any atom is 0.251 e. The monoisotopic (exact) mass is 343 g/mol. The molecule has 1 N–H and O–H groups in total. The van der Waals surface area contributed by atoms with E-state index >= 15 is 0 Å². The van der Waals surface area contributed by atoms with E-state index in [1.165, 1.54) is 0 Å². The number of carbonyl (C=O) groups excluding carboxylic acids is 1. The van der Waals surface area contributed by atoms with Crippen LogP contribution in [0.25, 0.3) is 0 Å². The summed E-state index contributed by atoms with van der Waals surface area (Å²) in [7, 11) is 0. The highest BCUT2D eigenvalue weighted by Crippen LogP contribution is 2.21. The second-order valence-corrected chi connectivity index (χ2v) is 6.77. The molecule has 1 aliphatic heterocycles. The Hall–Kier alpha value is -0.520. The van der Waals surface area contributed by atoms with Crippen LogP contribution in [0, 0.1) is 0 Å². The van der Waals surface area contributed by atoms with Crippen molar-refractivity contribution in [2.24, 2.45) is 0 Å². The van der Waals surface area contributed by atoms with E-state index in [1.54, 1.807) is 0 Å². The second-order valence-electron chi connectivity index (χ2n) is 4.45. The van der Waals surface area contributed by atoms with Gasteiger partial charge in [0.05, 0.1) is 0 Å². The molecule has 5 heteroatoms. The smallest absolute Gasteiger partial charge is 0.251 e. The van der Waals surface area contributed by atoms with Crippen LogP contribution >= 0.6 is 27.7 Å². The second kappa shape index (κ2) is 7.92. The molecule has 1 aliphatic rings. The SMILES string of the molecule is O=C(NCCSC1CCOCC1)c1cccc(Br)c1. The van der Waals surface area contributed by atoms with Gasteiger partial charge < -0.3 is 10.1 Å². The van der Waals surface area contributed by atoms with Gasteiger partial charge >= 0.3 is 0 Å². The molecule has 2 rings (SSSR count). The highest BCUT2D eigenvalue weighted by Gasteiger charge is 2.13. The Labute approximate surface area is 126 Å². The van der Waals surface area contributed by atoms with E-state index < -0.39 is 0 Å². The van der Waals surface area contributed by atoms with Crippen LogP contribution in [-0.4, -0.2) is 36.7 Å². The first-order chi connectivity index (χ1) is 9.25. The first-order valence-electron chi connectivity index (χ1n) is 6.49. The van der Waals surface area contributed by atoms with Crippen LogP contribution in [-0.2, 0) is 4.74 Å². The summed E-state index contributed by atoms with van der Waals surface area (Å²) in [4.78, 5) is 11.9. The van der Waals surface area contributed by atoms with Crippen LogP contribution in [0.15, 0.2) is 28.7 Å². The first-order valence-corrected chi connectivity index (χ1v) is 8.33. The van der Waals surface area contributed by atoms with E-state index in [0.29, 0.717) is 17.4 Å². The zero-order chi connectivity index (χ0) is 13.5. The summed E-state index contributed by atoms with van der Waals surface area (Å²) in [5.41, 5.74) is 0.699. The average molecular weight is 344 g/mol. The Bertz CT molecular complexity index is 422. The van der Waals surface area contributed by atoms with Crippen molar-refractivity contribution < 1.29 is 9.53 Å². The van der Waals surface area contributed by atoms with Gasteiger partial charge in [0.1, 0.15) is 0 Å². The standard InChI is InChI=1S/C14H18BrNO2S/c15-12-3-1-2-11(10-12)14(17)16-6-9-19-13-4-7-18-8-5-13/h1-3,10,13H,4-9H2,(H,16,17). The fourth-order valence-corrected chi connectivity index (χ4v) is 3.44. The van der Waals surface area contributed by atoms with Gasteiger partial charge in [0.15, 0.2) is 0 Å². The third-order valence-electron chi connectivity index (χ3n) is 3.00. The van der Waals surface area contributed by atoms with Crippen molar-refractivity contribution in [2.75, 3.05) is 25.5 Å². The molecule has 1 aromatic rings. The van der Waals surface area contributed by atoms with Gasteiger partial charge in [-0.05, 0) is 31.0 Å². The minimum Gasteiger partial charge on any atom is -0.381 e. The number of hydrogen-bond donors (Lipinski definition) is 1. The lowest BCUT2D eigenvalue weighted by atomic mass is 10.2. The Balaban J connectivity index is 1.66. The molecule has 0 spiro atoms. The zero-order valence-electron chi connectivity index (χ0n) is 10.7. The van der Waals surface area contributed by atoms with Crippen molar-refractivity contribution in [3.05, 3.63) is 34.3 Å². The van der Waals surface area contributed by atoms with Crippen LogP contribution in [0.3, 0.4) is 0 Å². The molecule has 0 saturated carbocycles. The number of halogens is 1. The van der Waals surface area contributed by atoms with Crippen molar-refractivity contribution in [3.63, 3.8) is 0 Å². The molecule has 0 aliphatic carbocycles. The first kappa shape index (κ1) is 14.9. The lowest BCUT2D eigenvalue weighted by Crippen LogP contribution is -2.27. The van der Waals surface area contributed by atoms with Gasteiger partial charge in [0, 0.05) is 40.8 Å². The predicted molar refractivity (Wildman–Crippen MR) is 82.8 cm³/mol. The van der Waals surface area contributed by atoms with Gasteiger partial charge in [-0.3, -0.25) is 4.79 Å². The van der Waals surface area contributed by atoms with Crippen molar-refractivity contribution in [3.8, 4) is 0 Å². The third-order valence-corrected chi connectivity index (χ3v) is 4.87. The normalized spacial score (nSPS) is 16.3. The fraction of sp³-hybridized carbons (Fsp3) is 0.500. The van der Waals surface area contributed by atoms with E-state index in [-0.39, 0.29) is 5.91 Å². The average Bonchev–Trinajstić information content (AvgIpc) is 2.44. The van der Waals surface area contributed by atoms with E-state index in [2.05, 4.69) is 21.2 Å². The van der Waals surface area contributed by atoms with Gasteiger partial charge in [-0.25, -0.2) is 0 Å². The molecule has 1 aromatic carbocycles. The van der Waals surface area contributed by atoms with Crippen molar-refractivity contribution in [1.29, 1.82) is 0 Å². The highest BCUT2D eigenvalue weighted by molar-refractivity contribution is 9.10. The molecule has 0 aromatic heterocycles. The molecule has 0 bridgehead atoms. The van der Waals surface area contributed by atoms with Crippen molar-refractivity contribution in [2.45, 2.75) is 18.1 Å². The lowest BCUT2D eigenvalue weighted by Gasteiger charge is -2.21. The van der Waals surface area contributed by atoms with Gasteiger partial charge in [0.25, 0.3) is 5.91 Å². The number of rotatable bonds is 5. The zero-order valence-corrected chi connectivity index (χ0v) is 13.1. The summed E-state index contributed by atoms with van der Waals surface area (Å²) >= 11 is 5.30. The fourth-order valence-electron chi connectivity index (χ4n) is 1.96. The summed E-state index contributed by atoms with van der Waals surface area (Å²) < 4.78 is 6.25. The Morgan fingerprint density at radius 3 is 2.95 bits per heavy atom. The number of ether oxygens (including phenoxy) is 1. The number of amides is 1. The topological polar surface area (TPSA) is 38.3 Å². The molecule has 19 heavy (non-hydrogen) atoms. The van der Waals surface area contributed by atoms with E-state index in [9.17, 15) is 4.79 Å². The Morgan fingerprint density at radius 1 is 1.42 bits per heavy atom. The summed E-state index contributed by atoms with van der Waals surface area (Å²) in [6, 6.07) is 7.44. The summed E-state index contributed by atoms with van der Waals surface area (Å²) in [6.07, 6.45) is 2.26. The molecule has 104 valence electrons. The molecule has 1 fully saturated rings. The molecule has 3 nitrogen and oxygen atoms in total. The molecular weight excluding hydrogens is 326 g/mol. The molecule has 1 saturated heterocycles. The molecule has 1 heterocycles. The molecule has 1 amide bonds. The number of thioether (sulfide) groups is 1. The van der Waals surface area contributed by atoms with Crippen LogP contribution in [0.2, 0.25) is 0 Å². The van der Waals surface area contributed by atoms with Crippen LogP contribution in [0.4, 0.5) is 0 Å². The van der Waals surface area contributed by atoms with E-state index in [1.807, 2.05) is 36.0 Å². The van der Waals surface area contributed by atoms with Gasteiger partial charge in [-0.2, -0.15) is 11.8 Å². The quantitative estimate of drug-likeness (QED) is 0.835.